The third-order valence-corrected chi connectivity index (χ3v) is 8.06. The van der Waals surface area contributed by atoms with Crippen LogP contribution in [-0.4, -0.2) is 50.5 Å². The molecule has 0 spiro atoms. The fourth-order valence-electron chi connectivity index (χ4n) is 5.97. The van der Waals surface area contributed by atoms with Gasteiger partial charge in [-0.05, 0) is 60.2 Å². The number of aromatic hydroxyl groups is 1. The molecule has 3 aromatic carbocycles. The molecule has 1 N–H and O–H groups in total. The minimum absolute atomic E-state index is 0.0695. The number of carbonyl (C=O) groups is 2. The average molecular weight is 570 g/mol. The molecule has 0 saturated heterocycles. The molecule has 0 amide bonds. The van der Waals surface area contributed by atoms with Crippen LogP contribution in [0.1, 0.15) is 48.3 Å². The molecule has 3 atom stereocenters. The fraction of sp³-hybridized carbons (Fsp3) is 0.324. The summed E-state index contributed by atoms with van der Waals surface area (Å²) < 4.78 is 21.9. The maximum atomic E-state index is 13.9. The maximum absolute atomic E-state index is 13.9. The fourth-order valence-corrected chi connectivity index (χ4v) is 5.97. The number of ketones is 1. The molecule has 2 aliphatic rings. The highest BCUT2D eigenvalue weighted by Crippen LogP contribution is 2.48. The van der Waals surface area contributed by atoms with Crippen LogP contribution < -0.4 is 14.2 Å². The summed E-state index contributed by atoms with van der Waals surface area (Å²) in [5.41, 5.74) is 4.34. The monoisotopic (exact) mass is 569 g/mol. The second-order valence-corrected chi connectivity index (χ2v) is 10.5. The van der Waals surface area contributed by atoms with Gasteiger partial charge in [0.2, 0.25) is 0 Å². The molecular formula is C34H35NO7. The number of hydrogen-bond donors (Lipinski definition) is 1. The molecule has 0 saturated carbocycles. The zero-order chi connectivity index (χ0) is 29.8. The Morgan fingerprint density at radius 3 is 2.26 bits per heavy atom. The first-order valence-corrected chi connectivity index (χ1v) is 13.9. The molecule has 0 aromatic heterocycles. The molecule has 5 rings (SSSR count). The molecule has 1 aliphatic carbocycles. The maximum Gasteiger partial charge on any atom is 0.315 e. The topological polar surface area (TPSA) is 104 Å². The van der Waals surface area contributed by atoms with Crippen molar-refractivity contribution in [2.24, 2.45) is 10.9 Å². The van der Waals surface area contributed by atoms with E-state index in [1.807, 2.05) is 48.5 Å². The first kappa shape index (κ1) is 28.9. The number of allylic oxidation sites excluding steroid dienone is 2. The number of rotatable bonds is 9. The summed E-state index contributed by atoms with van der Waals surface area (Å²) in [7, 11) is 4.63. The number of methoxy groups -OCH3 is 3. The predicted octanol–water partition coefficient (Wildman–Crippen LogP) is 5.78. The van der Waals surface area contributed by atoms with Crippen molar-refractivity contribution in [1.29, 1.82) is 0 Å². The van der Waals surface area contributed by atoms with Gasteiger partial charge in [-0.1, -0.05) is 42.5 Å². The smallest absolute Gasteiger partial charge is 0.315 e. The van der Waals surface area contributed by atoms with Crippen molar-refractivity contribution >= 4 is 17.5 Å². The van der Waals surface area contributed by atoms with E-state index in [-0.39, 0.29) is 30.5 Å². The van der Waals surface area contributed by atoms with Crippen LogP contribution in [0.3, 0.4) is 0 Å². The minimum atomic E-state index is -0.811. The Balaban J connectivity index is 1.49. The molecule has 0 fully saturated rings. The highest BCUT2D eigenvalue weighted by molar-refractivity contribution is 6.09. The summed E-state index contributed by atoms with van der Waals surface area (Å²) in [5.74, 6) is -0.681. The molecule has 0 radical (unpaired) electrons. The van der Waals surface area contributed by atoms with E-state index in [2.05, 4.69) is 0 Å². The van der Waals surface area contributed by atoms with Gasteiger partial charge in [-0.2, -0.15) is 0 Å². The second-order valence-electron chi connectivity index (χ2n) is 10.5. The van der Waals surface area contributed by atoms with Crippen LogP contribution in [0.5, 0.6) is 23.0 Å². The largest absolute Gasteiger partial charge is 0.504 e. The highest BCUT2D eigenvalue weighted by Gasteiger charge is 2.45. The molecule has 218 valence electrons. The Morgan fingerprint density at radius 2 is 1.57 bits per heavy atom. The average Bonchev–Trinajstić information content (AvgIpc) is 3.00. The van der Waals surface area contributed by atoms with Gasteiger partial charge < -0.3 is 24.1 Å². The number of nitrogens with zero attached hydrogens (tertiary/aromatic N) is 1. The molecule has 42 heavy (non-hydrogen) atoms. The lowest BCUT2D eigenvalue weighted by Crippen LogP contribution is -2.38. The zero-order valence-electron chi connectivity index (χ0n) is 24.3. The van der Waals surface area contributed by atoms with Crippen molar-refractivity contribution in [2.75, 3.05) is 27.9 Å². The van der Waals surface area contributed by atoms with E-state index in [4.69, 9.17) is 23.9 Å². The lowest BCUT2D eigenvalue weighted by atomic mass is 9.69. The van der Waals surface area contributed by atoms with Gasteiger partial charge >= 0.3 is 5.97 Å². The molecule has 1 aliphatic heterocycles. The van der Waals surface area contributed by atoms with Crippen LogP contribution in [0.15, 0.2) is 83.0 Å². The van der Waals surface area contributed by atoms with Crippen LogP contribution in [0.25, 0.3) is 0 Å². The first-order chi connectivity index (χ1) is 20.3. The molecule has 1 heterocycles. The Kier molecular flexibility index (Phi) is 8.61. The van der Waals surface area contributed by atoms with Crippen LogP contribution in [0, 0.1) is 5.92 Å². The molecular weight excluding hydrogens is 534 g/mol. The van der Waals surface area contributed by atoms with Gasteiger partial charge in [-0.15, -0.1) is 0 Å². The summed E-state index contributed by atoms with van der Waals surface area (Å²) in [6.07, 6.45) is 1.34. The number of ether oxygens (including phenoxy) is 4. The molecule has 1 unspecified atom stereocenters. The number of esters is 1. The van der Waals surface area contributed by atoms with Crippen molar-refractivity contribution in [3.63, 3.8) is 0 Å². The Morgan fingerprint density at radius 1 is 0.881 bits per heavy atom. The van der Waals surface area contributed by atoms with Gasteiger partial charge in [-0.3, -0.25) is 14.6 Å². The van der Waals surface area contributed by atoms with Gasteiger partial charge in [0.05, 0.1) is 27.9 Å². The van der Waals surface area contributed by atoms with E-state index in [1.165, 1.54) is 7.11 Å². The van der Waals surface area contributed by atoms with E-state index < -0.39 is 17.8 Å². The van der Waals surface area contributed by atoms with Crippen LogP contribution >= 0.6 is 0 Å². The van der Waals surface area contributed by atoms with E-state index in [1.54, 1.807) is 39.3 Å². The Bertz CT molecular complexity index is 1540. The number of Topliss-reactive ketones (excluding diaryl/α,β-unsaturated/α-hetero) is 1. The molecule has 0 bridgehead atoms. The van der Waals surface area contributed by atoms with E-state index in [0.29, 0.717) is 52.6 Å². The van der Waals surface area contributed by atoms with Crippen molar-refractivity contribution in [3.05, 3.63) is 94.7 Å². The van der Waals surface area contributed by atoms with Gasteiger partial charge in [0.25, 0.3) is 0 Å². The van der Waals surface area contributed by atoms with Crippen molar-refractivity contribution < 1.29 is 33.6 Å². The van der Waals surface area contributed by atoms with Crippen molar-refractivity contribution in [3.8, 4) is 23.0 Å². The standard InChI is InChI=1S/C34H35NO7/c1-20-31(34(38)42-15-14-21-8-6-5-7-9-21)32(23-11-12-28(39-2)26(36)17-23)33-25(35-20)16-24(18-27(33)37)22-10-13-29(40-3)30(19-22)41-4/h5-13,17,19,24,31-32,36H,14-16,18H2,1-4H3/t24-,31?,32-/m1/s1. The SMILES string of the molecule is COc1ccc([C@H]2C3=C(C[C@@H](c4ccc(OC)c(OC)c4)CC3=O)N=C(C)C2C(=O)OCCc2ccccc2)cc1O. The normalized spacial score (nSPS) is 20.0. The van der Waals surface area contributed by atoms with E-state index >= 15 is 0 Å². The van der Waals surface area contributed by atoms with E-state index in [0.717, 1.165) is 11.1 Å². The van der Waals surface area contributed by atoms with Crippen LogP contribution in [-0.2, 0) is 20.7 Å². The minimum Gasteiger partial charge on any atom is -0.504 e. The summed E-state index contributed by atoms with van der Waals surface area (Å²) in [6.45, 7) is 2.00. The lowest BCUT2D eigenvalue weighted by Gasteiger charge is -2.36. The molecule has 8 nitrogen and oxygen atoms in total. The first-order valence-electron chi connectivity index (χ1n) is 13.9. The Hall–Kier alpha value is -4.59. The van der Waals surface area contributed by atoms with Gasteiger partial charge in [0.15, 0.2) is 28.8 Å². The zero-order valence-corrected chi connectivity index (χ0v) is 24.3. The van der Waals surface area contributed by atoms with Gasteiger partial charge in [-0.25, -0.2) is 0 Å². The van der Waals surface area contributed by atoms with Crippen molar-refractivity contribution in [2.45, 2.75) is 38.0 Å². The van der Waals surface area contributed by atoms with E-state index in [9.17, 15) is 14.7 Å². The molecule has 3 aromatic rings. The quantitative estimate of drug-likeness (QED) is 0.326. The number of phenolic OH excluding ortho intramolecular Hbond substituents is 1. The number of benzene rings is 3. The number of phenols is 1. The highest BCUT2D eigenvalue weighted by atomic mass is 16.5. The van der Waals surface area contributed by atoms with Gasteiger partial charge in [0, 0.05) is 35.7 Å². The second kappa shape index (κ2) is 12.5. The van der Waals surface area contributed by atoms with Gasteiger partial charge in [0.1, 0.15) is 5.92 Å². The lowest BCUT2D eigenvalue weighted by molar-refractivity contribution is -0.146. The predicted molar refractivity (Wildman–Crippen MR) is 159 cm³/mol. The summed E-state index contributed by atoms with van der Waals surface area (Å²) in [6, 6.07) is 20.4. The van der Waals surface area contributed by atoms with Crippen molar-refractivity contribution in [1.82, 2.24) is 0 Å². The third kappa shape index (κ3) is 5.75. The molecule has 8 heteroatoms. The number of aliphatic imine (C=N–C) groups is 1. The Labute approximate surface area is 245 Å². The summed E-state index contributed by atoms with van der Waals surface area (Å²) in [4.78, 5) is 32.4. The summed E-state index contributed by atoms with van der Waals surface area (Å²) in [5, 5.41) is 10.6. The van der Waals surface area contributed by atoms with Crippen LogP contribution in [0.4, 0.5) is 0 Å². The third-order valence-electron chi connectivity index (χ3n) is 8.06. The number of hydrogen-bond acceptors (Lipinski definition) is 8. The summed E-state index contributed by atoms with van der Waals surface area (Å²) >= 11 is 0. The number of carbonyl (C=O) groups excluding carboxylic acids is 2. The van der Waals surface area contributed by atoms with Crippen LogP contribution in [0.2, 0.25) is 0 Å².